The fraction of sp³-hybridized carbons (Fsp3) is 0.160. The van der Waals surface area contributed by atoms with Gasteiger partial charge >= 0.3 is 12.2 Å². The molecule has 4 rings (SSSR count). The summed E-state index contributed by atoms with van der Waals surface area (Å²) < 4.78 is 64.6. The lowest BCUT2D eigenvalue weighted by atomic mass is 10.1. The second-order valence-electron chi connectivity index (χ2n) is 7.53. The van der Waals surface area contributed by atoms with Gasteiger partial charge in [0.15, 0.2) is 5.82 Å². The number of nitrogens with one attached hydrogen (secondary N) is 1. The summed E-state index contributed by atoms with van der Waals surface area (Å²) in [5.74, 6) is -0.852. The van der Waals surface area contributed by atoms with Crippen LogP contribution in [0.2, 0.25) is 0 Å². The van der Waals surface area contributed by atoms with E-state index in [9.17, 15) is 22.4 Å². The number of nitrogens with zero attached hydrogens (tertiary/aromatic N) is 3. The Labute approximate surface area is 203 Å². The maximum absolute atomic E-state index is 14.5. The molecular formula is C25H20F4N4O3. The van der Waals surface area contributed by atoms with Crippen LogP contribution in [0.15, 0.2) is 72.8 Å². The lowest BCUT2D eigenvalue weighted by Gasteiger charge is -2.10. The van der Waals surface area contributed by atoms with Crippen LogP contribution in [0.4, 0.5) is 23.2 Å². The number of carbonyl (C=O) groups excluding carboxylic acids is 1. The van der Waals surface area contributed by atoms with E-state index in [1.165, 1.54) is 17.9 Å². The lowest BCUT2D eigenvalue weighted by molar-refractivity contribution is -0.137. The lowest BCUT2D eigenvalue weighted by Crippen LogP contribution is -2.13. The summed E-state index contributed by atoms with van der Waals surface area (Å²) in [6, 6.07) is 16.4. The third-order valence-electron chi connectivity index (χ3n) is 5.07. The Morgan fingerprint density at radius 3 is 2.31 bits per heavy atom. The summed E-state index contributed by atoms with van der Waals surface area (Å²) in [7, 11) is 1.53. The van der Waals surface area contributed by atoms with E-state index in [2.05, 4.69) is 15.4 Å². The Balaban J connectivity index is 1.56. The van der Waals surface area contributed by atoms with Gasteiger partial charge in [0, 0.05) is 18.4 Å². The minimum atomic E-state index is -4.48. The van der Waals surface area contributed by atoms with E-state index in [0.717, 1.165) is 24.3 Å². The molecule has 0 fully saturated rings. The predicted molar refractivity (Wildman–Crippen MR) is 124 cm³/mol. The molecule has 36 heavy (non-hydrogen) atoms. The van der Waals surface area contributed by atoms with Crippen LogP contribution >= 0.6 is 0 Å². The van der Waals surface area contributed by atoms with Crippen molar-refractivity contribution < 1.29 is 31.8 Å². The quantitative estimate of drug-likeness (QED) is 0.260. The number of rotatable bonds is 8. The van der Waals surface area contributed by atoms with Gasteiger partial charge < -0.3 is 14.8 Å². The first-order chi connectivity index (χ1) is 17.3. The minimum Gasteiger partial charge on any atom is -0.460 e. The van der Waals surface area contributed by atoms with Crippen molar-refractivity contribution in [3.8, 4) is 23.1 Å². The van der Waals surface area contributed by atoms with Crippen molar-refractivity contribution in [3.63, 3.8) is 0 Å². The first-order valence-electron chi connectivity index (χ1n) is 10.7. The zero-order valence-corrected chi connectivity index (χ0v) is 18.9. The number of aromatic nitrogens is 3. The molecule has 0 bridgehead atoms. The van der Waals surface area contributed by atoms with Gasteiger partial charge in [-0.2, -0.15) is 18.2 Å². The van der Waals surface area contributed by atoms with Gasteiger partial charge in [-0.1, -0.05) is 12.1 Å². The minimum absolute atomic E-state index is 0.0324. The maximum atomic E-state index is 14.5. The van der Waals surface area contributed by atoms with Crippen molar-refractivity contribution in [1.29, 1.82) is 0 Å². The van der Waals surface area contributed by atoms with Crippen LogP contribution in [-0.4, -0.2) is 41.0 Å². The van der Waals surface area contributed by atoms with Crippen molar-refractivity contribution in [3.05, 3.63) is 89.7 Å². The number of halogens is 4. The Morgan fingerprint density at radius 1 is 0.972 bits per heavy atom. The number of hydrogen-bond acceptors (Lipinski definition) is 5. The second-order valence-corrected chi connectivity index (χ2v) is 7.53. The summed E-state index contributed by atoms with van der Waals surface area (Å²) in [5, 5.41) is 6.94. The molecule has 1 heterocycles. The highest BCUT2D eigenvalue weighted by atomic mass is 19.4. The number of amides is 1. The van der Waals surface area contributed by atoms with Gasteiger partial charge in [0.2, 0.25) is 0 Å². The fourth-order valence-corrected chi connectivity index (χ4v) is 3.27. The first kappa shape index (κ1) is 24.9. The Bertz CT molecular complexity index is 1340. The largest absolute Gasteiger partial charge is 0.460 e. The number of hydrogen-bond donors (Lipinski definition) is 1. The second kappa shape index (κ2) is 10.6. The van der Waals surface area contributed by atoms with Crippen molar-refractivity contribution in [2.75, 3.05) is 25.6 Å². The highest BCUT2D eigenvalue weighted by Gasteiger charge is 2.30. The number of carbonyl (C=O) groups is 1. The van der Waals surface area contributed by atoms with Gasteiger partial charge in [0.25, 0.3) is 5.91 Å². The van der Waals surface area contributed by atoms with Crippen LogP contribution in [0.5, 0.6) is 6.01 Å². The molecule has 1 amide bonds. The van der Waals surface area contributed by atoms with Gasteiger partial charge in [-0.3, -0.25) is 4.79 Å². The standard InChI is InChI=1S/C25H20F4N4O3/c1-35-14-15-36-24-31-22(20-4-2-3-5-21(20)26)33(32-24)19-12-10-18(11-13-19)30-23(34)16-6-8-17(9-7-16)25(27,28)29/h2-13H,14-15H2,1H3,(H,30,34). The van der Waals surface area contributed by atoms with Crippen LogP contribution < -0.4 is 10.1 Å². The fourth-order valence-electron chi connectivity index (χ4n) is 3.27. The summed E-state index contributed by atoms with van der Waals surface area (Å²) in [4.78, 5) is 16.8. The summed E-state index contributed by atoms with van der Waals surface area (Å²) >= 11 is 0. The molecule has 1 N–H and O–H groups in total. The summed E-state index contributed by atoms with van der Waals surface area (Å²) in [6.07, 6.45) is -4.48. The van der Waals surface area contributed by atoms with Crippen LogP contribution in [-0.2, 0) is 10.9 Å². The summed E-state index contributed by atoms with van der Waals surface area (Å²) in [6.45, 7) is 0.517. The smallest absolute Gasteiger partial charge is 0.416 e. The molecule has 186 valence electrons. The molecule has 3 aromatic carbocycles. The topological polar surface area (TPSA) is 78.3 Å². The molecule has 0 unspecified atom stereocenters. The van der Waals surface area contributed by atoms with E-state index < -0.39 is 23.5 Å². The van der Waals surface area contributed by atoms with Gasteiger partial charge in [0.05, 0.1) is 23.4 Å². The Kier molecular flexibility index (Phi) is 7.30. The molecule has 0 radical (unpaired) electrons. The first-order valence-corrected chi connectivity index (χ1v) is 10.7. The zero-order chi connectivity index (χ0) is 25.7. The van der Waals surface area contributed by atoms with Crippen LogP contribution in [0, 0.1) is 5.82 Å². The van der Waals surface area contributed by atoms with Crippen molar-refractivity contribution >= 4 is 11.6 Å². The van der Waals surface area contributed by atoms with Gasteiger partial charge in [-0.05, 0) is 60.7 Å². The highest BCUT2D eigenvalue weighted by molar-refractivity contribution is 6.04. The van der Waals surface area contributed by atoms with E-state index in [0.29, 0.717) is 18.0 Å². The number of anilines is 1. The molecule has 0 aliphatic rings. The number of benzene rings is 3. The molecule has 0 saturated heterocycles. The summed E-state index contributed by atoms with van der Waals surface area (Å²) in [5.41, 5.74) is 0.351. The van der Waals surface area contributed by atoms with E-state index in [-0.39, 0.29) is 29.6 Å². The number of methoxy groups -OCH3 is 1. The van der Waals surface area contributed by atoms with Crippen molar-refractivity contribution in [2.45, 2.75) is 6.18 Å². The molecule has 0 aliphatic heterocycles. The molecule has 4 aromatic rings. The number of ether oxygens (including phenoxy) is 2. The monoisotopic (exact) mass is 500 g/mol. The average molecular weight is 500 g/mol. The number of alkyl halides is 3. The molecule has 0 saturated carbocycles. The van der Waals surface area contributed by atoms with E-state index >= 15 is 0 Å². The third-order valence-corrected chi connectivity index (χ3v) is 5.07. The zero-order valence-electron chi connectivity index (χ0n) is 18.9. The molecule has 0 spiro atoms. The van der Waals surface area contributed by atoms with Gasteiger partial charge in [-0.15, -0.1) is 5.10 Å². The van der Waals surface area contributed by atoms with Crippen LogP contribution in [0.1, 0.15) is 15.9 Å². The van der Waals surface area contributed by atoms with Crippen LogP contribution in [0.3, 0.4) is 0 Å². The van der Waals surface area contributed by atoms with Crippen molar-refractivity contribution in [1.82, 2.24) is 14.8 Å². The molecular weight excluding hydrogens is 480 g/mol. The Morgan fingerprint density at radius 2 is 1.67 bits per heavy atom. The SMILES string of the molecule is COCCOc1nc(-c2ccccc2F)n(-c2ccc(NC(=O)c3ccc(C(F)(F)F)cc3)cc2)n1. The predicted octanol–water partition coefficient (Wildman–Crippen LogP) is 5.37. The molecule has 0 atom stereocenters. The Hall–Kier alpha value is -4.25. The van der Waals surface area contributed by atoms with Gasteiger partial charge in [0.1, 0.15) is 12.4 Å². The average Bonchev–Trinajstić information content (AvgIpc) is 3.28. The van der Waals surface area contributed by atoms with Crippen molar-refractivity contribution in [2.24, 2.45) is 0 Å². The molecule has 11 heteroatoms. The highest BCUT2D eigenvalue weighted by Crippen LogP contribution is 2.29. The normalized spacial score (nSPS) is 11.4. The molecule has 7 nitrogen and oxygen atoms in total. The van der Waals surface area contributed by atoms with E-state index in [1.54, 1.807) is 42.5 Å². The van der Waals surface area contributed by atoms with E-state index in [4.69, 9.17) is 9.47 Å². The van der Waals surface area contributed by atoms with E-state index in [1.807, 2.05) is 0 Å². The maximum Gasteiger partial charge on any atom is 0.416 e. The molecule has 0 aliphatic carbocycles. The van der Waals surface area contributed by atoms with Crippen LogP contribution in [0.25, 0.3) is 17.1 Å². The third kappa shape index (κ3) is 5.69. The van der Waals surface area contributed by atoms with Gasteiger partial charge in [-0.25, -0.2) is 9.07 Å². The molecule has 1 aromatic heterocycles.